The fourth-order valence-electron chi connectivity index (χ4n) is 2.12. The summed E-state index contributed by atoms with van der Waals surface area (Å²) in [4.78, 5) is 27.6. The molecule has 1 heterocycles. The highest BCUT2D eigenvalue weighted by Crippen LogP contribution is 2.17. The van der Waals surface area contributed by atoms with Crippen LogP contribution >= 0.6 is 12.2 Å². The van der Waals surface area contributed by atoms with Crippen molar-refractivity contribution in [2.75, 3.05) is 7.11 Å². The van der Waals surface area contributed by atoms with Crippen LogP contribution in [-0.2, 0) is 0 Å². The number of carbonyl (C=O) groups is 1. The normalized spacial score (nSPS) is 10.7. The van der Waals surface area contributed by atoms with Crippen LogP contribution in [0.1, 0.15) is 24.3 Å². The van der Waals surface area contributed by atoms with E-state index < -0.39 is 5.91 Å². The Balaban J connectivity index is 2.48. The van der Waals surface area contributed by atoms with Crippen molar-refractivity contribution in [1.29, 1.82) is 0 Å². The smallest absolute Gasteiger partial charge is 0.303 e. The molecule has 3 N–H and O–H groups in total. The first kappa shape index (κ1) is 16.9. The second-order valence-electron chi connectivity index (χ2n) is 5.19. The molecule has 0 atom stereocenters. The van der Waals surface area contributed by atoms with E-state index >= 15 is 0 Å². The summed E-state index contributed by atoms with van der Waals surface area (Å²) in [6.45, 7) is 3.67. The van der Waals surface area contributed by atoms with Gasteiger partial charge in [-0.15, -0.1) is 0 Å². The third-order valence-electron chi connectivity index (χ3n) is 3.36. The minimum Gasteiger partial charge on any atom is -0.497 e. The van der Waals surface area contributed by atoms with Gasteiger partial charge < -0.3 is 9.72 Å². The maximum atomic E-state index is 12.5. The van der Waals surface area contributed by atoms with E-state index in [2.05, 4.69) is 4.98 Å². The van der Waals surface area contributed by atoms with E-state index in [0.717, 1.165) is 5.12 Å². The Morgan fingerprint density at radius 2 is 2.09 bits per heavy atom. The average molecular weight is 334 g/mol. The summed E-state index contributed by atoms with van der Waals surface area (Å²) in [6, 6.07) is 6.08. The van der Waals surface area contributed by atoms with E-state index in [1.807, 2.05) is 13.8 Å². The van der Waals surface area contributed by atoms with Crippen LogP contribution in [0.5, 0.6) is 5.75 Å². The molecule has 0 bridgehead atoms. The quantitative estimate of drug-likeness (QED) is 0.372. The molecule has 0 saturated carbocycles. The van der Waals surface area contributed by atoms with Gasteiger partial charge in [0.2, 0.25) is 0 Å². The fraction of sp³-hybridized carbons (Fsp3) is 0.267. The summed E-state index contributed by atoms with van der Waals surface area (Å²) in [5, 5.41) is 2.74. The molecule has 0 unspecified atom stereocenters. The zero-order chi connectivity index (χ0) is 17.1. The molecule has 0 spiro atoms. The molecule has 0 saturated heterocycles. The molecule has 7 nitrogen and oxygen atoms in total. The van der Waals surface area contributed by atoms with Crippen LogP contribution in [0.3, 0.4) is 0 Å². The Hall–Kier alpha value is -2.45. The number of pyridine rings is 1. The molecule has 122 valence electrons. The maximum Gasteiger partial charge on any atom is 0.303 e. The molecule has 0 aliphatic rings. The standard InChI is InChI=1S/C15H18N4O3S/c1-9(2)18(8-23)19(16)15(21)13-7-14(20)11-5-4-10(22-3)6-12(11)17-13/h4-9H,16H2,1-3H3,(H,17,20). The second kappa shape index (κ2) is 6.76. The van der Waals surface area contributed by atoms with E-state index in [-0.39, 0.29) is 17.2 Å². The van der Waals surface area contributed by atoms with Crippen LogP contribution in [0.25, 0.3) is 10.9 Å². The lowest BCUT2D eigenvalue weighted by molar-refractivity contribution is 0.0195. The number of hydrogen-bond donors (Lipinski definition) is 2. The van der Waals surface area contributed by atoms with Crippen molar-refractivity contribution in [3.05, 3.63) is 40.2 Å². The van der Waals surface area contributed by atoms with E-state index in [9.17, 15) is 9.59 Å². The van der Waals surface area contributed by atoms with Gasteiger partial charge in [-0.1, -0.05) is 12.2 Å². The summed E-state index contributed by atoms with van der Waals surface area (Å²) in [7, 11) is 1.52. The largest absolute Gasteiger partial charge is 0.497 e. The van der Waals surface area contributed by atoms with Gasteiger partial charge in [-0.2, -0.15) is 5.12 Å². The lowest BCUT2D eigenvalue weighted by Gasteiger charge is -2.31. The number of fused-ring (bicyclic) bond motifs is 1. The number of hydrazine groups is 2. The van der Waals surface area contributed by atoms with Crippen LogP contribution in [0.2, 0.25) is 0 Å². The number of thiocarbonyl (C=S) groups is 1. The Labute approximate surface area is 138 Å². The van der Waals surface area contributed by atoms with Gasteiger partial charge in [0.25, 0.3) is 0 Å². The number of methoxy groups -OCH3 is 1. The summed E-state index contributed by atoms with van der Waals surface area (Å²) >= 11 is 4.87. The van der Waals surface area contributed by atoms with Crippen molar-refractivity contribution in [2.45, 2.75) is 19.9 Å². The number of nitrogens with two attached hydrogens (primary N) is 1. The molecule has 1 amide bonds. The molecule has 0 radical (unpaired) electrons. The molecule has 0 aliphatic carbocycles. The molecule has 0 aliphatic heterocycles. The highest BCUT2D eigenvalue weighted by Gasteiger charge is 2.21. The molecule has 0 fully saturated rings. The number of nitrogens with one attached hydrogen (secondary N) is 1. The summed E-state index contributed by atoms with van der Waals surface area (Å²) in [6.07, 6.45) is 0. The van der Waals surface area contributed by atoms with Crippen LogP contribution in [0.15, 0.2) is 29.1 Å². The predicted molar refractivity (Wildman–Crippen MR) is 92.1 cm³/mol. The number of hydrogen-bond acceptors (Lipinski definition) is 5. The number of ether oxygens (including phenoxy) is 1. The van der Waals surface area contributed by atoms with Crippen LogP contribution in [0.4, 0.5) is 0 Å². The van der Waals surface area contributed by atoms with E-state index in [1.165, 1.54) is 23.7 Å². The van der Waals surface area contributed by atoms with E-state index in [1.54, 1.807) is 18.2 Å². The topological polar surface area (TPSA) is 91.7 Å². The van der Waals surface area contributed by atoms with Gasteiger partial charge in [0.1, 0.15) is 11.4 Å². The first-order valence-electron chi connectivity index (χ1n) is 6.92. The number of aromatic nitrogens is 1. The zero-order valence-corrected chi connectivity index (χ0v) is 13.9. The number of H-pyrrole nitrogens is 1. The number of rotatable bonds is 5. The predicted octanol–water partition coefficient (Wildman–Crippen LogP) is 1.44. The van der Waals surface area contributed by atoms with Gasteiger partial charge in [0, 0.05) is 23.6 Å². The summed E-state index contributed by atoms with van der Waals surface area (Å²) < 4.78 is 5.13. The number of carbonyl (C=O) groups excluding carboxylic acids is 1. The maximum absolute atomic E-state index is 12.5. The van der Waals surface area contributed by atoms with Gasteiger partial charge in [-0.25, -0.2) is 5.84 Å². The van der Waals surface area contributed by atoms with Gasteiger partial charge in [-0.05, 0) is 26.0 Å². The van der Waals surface area contributed by atoms with Crippen LogP contribution in [0, 0.1) is 0 Å². The van der Waals surface area contributed by atoms with Gasteiger partial charge in [0.15, 0.2) is 5.43 Å². The van der Waals surface area contributed by atoms with Crippen LogP contribution in [-0.4, -0.2) is 39.7 Å². The SMILES string of the molecule is COc1ccc2c(=O)cc(C(=O)N(N)N(C=S)C(C)C)[nH]c2c1. The Bertz CT molecular complexity index is 803. The first-order valence-corrected chi connectivity index (χ1v) is 7.40. The molecule has 2 rings (SSSR count). The third-order valence-corrected chi connectivity index (χ3v) is 3.58. The Morgan fingerprint density at radius 1 is 1.39 bits per heavy atom. The number of nitrogens with zero attached hydrogens (tertiary/aromatic N) is 2. The molecule has 1 aromatic carbocycles. The van der Waals surface area contributed by atoms with E-state index in [0.29, 0.717) is 16.7 Å². The molecular weight excluding hydrogens is 316 g/mol. The van der Waals surface area contributed by atoms with E-state index in [4.69, 9.17) is 22.8 Å². The van der Waals surface area contributed by atoms with Crippen molar-refractivity contribution in [2.24, 2.45) is 5.84 Å². The number of aromatic amines is 1. The zero-order valence-electron chi connectivity index (χ0n) is 13.1. The lowest BCUT2D eigenvalue weighted by atomic mass is 10.2. The molecule has 8 heteroatoms. The van der Waals surface area contributed by atoms with Crippen molar-refractivity contribution in [3.8, 4) is 5.75 Å². The highest BCUT2D eigenvalue weighted by molar-refractivity contribution is 7.78. The molecular formula is C15H18N4O3S. The van der Waals surface area contributed by atoms with Crippen molar-refractivity contribution in [3.63, 3.8) is 0 Å². The minimum atomic E-state index is -0.568. The molecule has 1 aromatic heterocycles. The van der Waals surface area contributed by atoms with Crippen molar-refractivity contribution in [1.82, 2.24) is 15.1 Å². The number of benzene rings is 1. The van der Waals surface area contributed by atoms with Gasteiger partial charge in [-0.3, -0.25) is 14.6 Å². The Kier molecular flexibility index (Phi) is 4.97. The van der Waals surface area contributed by atoms with Crippen LogP contribution < -0.4 is 16.0 Å². The first-order chi connectivity index (χ1) is 10.9. The summed E-state index contributed by atoms with van der Waals surface area (Å²) in [5.74, 6) is 5.83. The Morgan fingerprint density at radius 3 is 2.65 bits per heavy atom. The molecule has 23 heavy (non-hydrogen) atoms. The average Bonchev–Trinajstić information content (AvgIpc) is 2.53. The number of amides is 1. The third kappa shape index (κ3) is 3.33. The van der Waals surface area contributed by atoms with Gasteiger partial charge in [0.05, 0.1) is 18.1 Å². The van der Waals surface area contributed by atoms with Crippen molar-refractivity contribution < 1.29 is 9.53 Å². The lowest BCUT2D eigenvalue weighted by Crippen LogP contribution is -2.53. The summed E-state index contributed by atoms with van der Waals surface area (Å²) in [5.41, 5.74) is 1.56. The van der Waals surface area contributed by atoms with Gasteiger partial charge >= 0.3 is 5.91 Å². The van der Waals surface area contributed by atoms with Crippen molar-refractivity contribution >= 4 is 34.5 Å². The fourth-order valence-corrected chi connectivity index (χ4v) is 2.47. The monoisotopic (exact) mass is 334 g/mol. The highest BCUT2D eigenvalue weighted by atomic mass is 32.1. The minimum absolute atomic E-state index is 0.0701. The second-order valence-corrected chi connectivity index (χ2v) is 5.40. The molecule has 2 aromatic rings.